The first-order valence-corrected chi connectivity index (χ1v) is 7.91. The summed E-state index contributed by atoms with van der Waals surface area (Å²) in [7, 11) is 3.85. The normalized spacial score (nSPS) is 26.1. The quantitative estimate of drug-likeness (QED) is 0.924. The highest BCUT2D eigenvalue weighted by molar-refractivity contribution is 7.12. The minimum Gasteiger partial charge on any atom is -0.381 e. The number of methoxy groups -OCH3 is 1. The Morgan fingerprint density at radius 2 is 2.21 bits per heavy atom. The fourth-order valence-electron chi connectivity index (χ4n) is 3.10. The molecule has 106 valence electrons. The Labute approximate surface area is 118 Å². The van der Waals surface area contributed by atoms with Crippen LogP contribution in [0.4, 0.5) is 0 Å². The molecule has 1 aromatic rings. The lowest BCUT2D eigenvalue weighted by Gasteiger charge is -2.33. The van der Waals surface area contributed by atoms with E-state index in [2.05, 4.69) is 5.32 Å². The summed E-state index contributed by atoms with van der Waals surface area (Å²) in [6, 6.07) is 0.476. The average molecular weight is 282 g/mol. The molecule has 1 unspecified atom stereocenters. The lowest BCUT2D eigenvalue weighted by atomic mass is 9.94. The molecule has 0 saturated carbocycles. The second-order valence-corrected chi connectivity index (χ2v) is 6.40. The minimum atomic E-state index is -0.210. The summed E-state index contributed by atoms with van der Waals surface area (Å²) in [5.41, 5.74) is 1.08. The van der Waals surface area contributed by atoms with Crippen molar-refractivity contribution in [3.63, 3.8) is 0 Å². The van der Waals surface area contributed by atoms with Gasteiger partial charge in [0.25, 0.3) is 0 Å². The second kappa shape index (κ2) is 5.48. The molecular formula is C14H22N2O2S. The maximum atomic E-state index is 5.86. The summed E-state index contributed by atoms with van der Waals surface area (Å²) >= 11 is 1.84. The lowest BCUT2D eigenvalue weighted by molar-refractivity contribution is -0.0948. The molecule has 1 N–H and O–H groups in total. The van der Waals surface area contributed by atoms with Crippen LogP contribution in [0.1, 0.15) is 47.3 Å². The molecule has 0 bridgehead atoms. The monoisotopic (exact) mass is 282 g/mol. The predicted molar refractivity (Wildman–Crippen MR) is 75.6 cm³/mol. The first kappa shape index (κ1) is 13.5. The van der Waals surface area contributed by atoms with Gasteiger partial charge < -0.3 is 14.8 Å². The smallest absolute Gasteiger partial charge is 0.125 e. The summed E-state index contributed by atoms with van der Waals surface area (Å²) in [6.07, 6.45) is 5.39. The molecule has 1 aromatic heterocycles. The van der Waals surface area contributed by atoms with Crippen LogP contribution in [-0.4, -0.2) is 32.4 Å². The molecule has 2 heterocycles. The molecule has 3 rings (SSSR count). The van der Waals surface area contributed by atoms with Gasteiger partial charge in [0.05, 0.1) is 5.69 Å². The molecule has 2 aliphatic rings. The summed E-state index contributed by atoms with van der Waals surface area (Å²) < 4.78 is 11.3. The van der Waals surface area contributed by atoms with Crippen LogP contribution < -0.4 is 5.32 Å². The fraction of sp³-hybridized carbons (Fsp3) is 0.786. The first-order chi connectivity index (χ1) is 9.29. The van der Waals surface area contributed by atoms with Gasteiger partial charge in [0.1, 0.15) is 10.6 Å². The third kappa shape index (κ3) is 2.33. The number of nitrogens with zero attached hydrogens (tertiary/aromatic N) is 1. The van der Waals surface area contributed by atoms with Crippen LogP contribution in [0.5, 0.6) is 0 Å². The van der Waals surface area contributed by atoms with E-state index in [1.54, 1.807) is 7.11 Å². The molecule has 0 spiro atoms. The number of aryl methyl sites for hydroxylation is 1. The molecule has 1 saturated heterocycles. The van der Waals surface area contributed by atoms with Crippen LogP contribution in [0.15, 0.2) is 0 Å². The summed E-state index contributed by atoms with van der Waals surface area (Å²) in [4.78, 5) is 6.34. The van der Waals surface area contributed by atoms with E-state index in [1.807, 2.05) is 18.4 Å². The Hall–Kier alpha value is -0.490. The zero-order chi connectivity index (χ0) is 13.3. The van der Waals surface area contributed by atoms with Crippen molar-refractivity contribution in [1.82, 2.24) is 10.3 Å². The topological polar surface area (TPSA) is 43.4 Å². The Balaban J connectivity index is 1.94. The van der Waals surface area contributed by atoms with Gasteiger partial charge in [0.2, 0.25) is 0 Å². The van der Waals surface area contributed by atoms with Crippen LogP contribution in [0, 0.1) is 0 Å². The Morgan fingerprint density at radius 3 is 2.89 bits per heavy atom. The second-order valence-electron chi connectivity index (χ2n) is 5.37. The van der Waals surface area contributed by atoms with Gasteiger partial charge >= 0.3 is 0 Å². The zero-order valence-corrected chi connectivity index (χ0v) is 12.5. The van der Waals surface area contributed by atoms with Crippen molar-refractivity contribution in [2.45, 2.75) is 43.7 Å². The molecule has 1 aliphatic carbocycles. The molecular weight excluding hydrogens is 260 g/mol. The molecule has 1 atom stereocenters. The maximum absolute atomic E-state index is 5.86. The van der Waals surface area contributed by atoms with E-state index in [-0.39, 0.29) is 5.60 Å². The van der Waals surface area contributed by atoms with E-state index in [0.717, 1.165) is 37.5 Å². The highest BCUT2D eigenvalue weighted by Crippen LogP contribution is 2.42. The number of nitrogens with one attached hydrogen (secondary N) is 1. The number of rotatable bonds is 3. The number of hydrogen-bond acceptors (Lipinski definition) is 5. The van der Waals surface area contributed by atoms with Crippen LogP contribution in [0.2, 0.25) is 0 Å². The molecule has 1 fully saturated rings. The number of thiazole rings is 1. The maximum Gasteiger partial charge on any atom is 0.125 e. The van der Waals surface area contributed by atoms with Crippen LogP contribution >= 0.6 is 11.3 Å². The van der Waals surface area contributed by atoms with Crippen LogP contribution in [0.3, 0.4) is 0 Å². The van der Waals surface area contributed by atoms with E-state index < -0.39 is 0 Å². The SMILES string of the molecule is CNC1CCCc2nc(C3(OC)CCOCC3)sc21. The molecule has 4 nitrogen and oxygen atoms in total. The van der Waals surface area contributed by atoms with Crippen molar-refractivity contribution >= 4 is 11.3 Å². The Kier molecular flexibility index (Phi) is 3.89. The molecule has 19 heavy (non-hydrogen) atoms. The summed E-state index contributed by atoms with van der Waals surface area (Å²) in [5.74, 6) is 0. The van der Waals surface area contributed by atoms with Gasteiger partial charge in [-0.3, -0.25) is 0 Å². The van der Waals surface area contributed by atoms with Crippen molar-refractivity contribution in [3.8, 4) is 0 Å². The van der Waals surface area contributed by atoms with Crippen molar-refractivity contribution in [1.29, 1.82) is 0 Å². The number of hydrogen-bond donors (Lipinski definition) is 1. The minimum absolute atomic E-state index is 0.210. The largest absolute Gasteiger partial charge is 0.381 e. The van der Waals surface area contributed by atoms with Gasteiger partial charge in [-0.15, -0.1) is 11.3 Å². The number of ether oxygens (including phenoxy) is 2. The van der Waals surface area contributed by atoms with Gasteiger partial charge in [-0.25, -0.2) is 4.98 Å². The Morgan fingerprint density at radius 1 is 1.42 bits per heavy atom. The van der Waals surface area contributed by atoms with Gasteiger partial charge in [-0.05, 0) is 26.3 Å². The first-order valence-electron chi connectivity index (χ1n) is 7.09. The van der Waals surface area contributed by atoms with E-state index in [1.165, 1.54) is 23.4 Å². The van der Waals surface area contributed by atoms with Crippen molar-refractivity contribution in [3.05, 3.63) is 15.6 Å². The van der Waals surface area contributed by atoms with E-state index in [4.69, 9.17) is 14.5 Å². The zero-order valence-electron chi connectivity index (χ0n) is 11.7. The molecule has 1 aliphatic heterocycles. The fourth-order valence-corrected chi connectivity index (χ4v) is 4.58. The number of fused-ring (bicyclic) bond motifs is 1. The van der Waals surface area contributed by atoms with E-state index in [0.29, 0.717) is 6.04 Å². The third-order valence-corrected chi connectivity index (χ3v) is 5.78. The number of aromatic nitrogens is 1. The van der Waals surface area contributed by atoms with Crippen LogP contribution in [-0.2, 0) is 21.5 Å². The van der Waals surface area contributed by atoms with E-state index in [9.17, 15) is 0 Å². The van der Waals surface area contributed by atoms with Crippen LogP contribution in [0.25, 0.3) is 0 Å². The Bertz CT molecular complexity index is 441. The standard InChI is InChI=1S/C14H22N2O2S/c1-15-10-4-3-5-11-12(10)19-13(16-11)14(17-2)6-8-18-9-7-14/h10,15H,3-9H2,1-2H3. The van der Waals surface area contributed by atoms with Gasteiger partial charge in [-0.1, -0.05) is 0 Å². The highest BCUT2D eigenvalue weighted by atomic mass is 32.1. The van der Waals surface area contributed by atoms with Crippen molar-refractivity contribution in [2.75, 3.05) is 27.4 Å². The third-order valence-electron chi connectivity index (χ3n) is 4.38. The lowest BCUT2D eigenvalue weighted by Crippen LogP contribution is -2.35. The molecule has 0 aromatic carbocycles. The summed E-state index contributed by atoms with van der Waals surface area (Å²) in [6.45, 7) is 1.54. The molecule has 0 amide bonds. The van der Waals surface area contributed by atoms with E-state index >= 15 is 0 Å². The van der Waals surface area contributed by atoms with Gasteiger partial charge in [0.15, 0.2) is 0 Å². The van der Waals surface area contributed by atoms with Gasteiger partial charge in [-0.2, -0.15) is 0 Å². The molecule has 0 radical (unpaired) electrons. The summed E-state index contributed by atoms with van der Waals surface area (Å²) in [5, 5.41) is 4.57. The van der Waals surface area contributed by atoms with Crippen molar-refractivity contribution in [2.24, 2.45) is 0 Å². The average Bonchev–Trinajstić information content (AvgIpc) is 2.92. The predicted octanol–water partition coefficient (Wildman–Crippen LogP) is 2.39. The molecule has 5 heteroatoms. The van der Waals surface area contributed by atoms with Crippen molar-refractivity contribution < 1.29 is 9.47 Å². The highest BCUT2D eigenvalue weighted by Gasteiger charge is 2.39. The van der Waals surface area contributed by atoms with Gasteiger partial charge in [0, 0.05) is 44.1 Å².